The van der Waals surface area contributed by atoms with Crippen molar-refractivity contribution in [1.29, 1.82) is 0 Å². The van der Waals surface area contributed by atoms with Crippen LogP contribution in [0.3, 0.4) is 0 Å². The molecule has 5 heteroatoms. The van der Waals surface area contributed by atoms with E-state index < -0.39 is 0 Å². The molecule has 0 unspecified atom stereocenters. The van der Waals surface area contributed by atoms with Crippen LogP contribution in [0.25, 0.3) is 0 Å². The second kappa shape index (κ2) is 7.27. The zero-order chi connectivity index (χ0) is 15.4. The van der Waals surface area contributed by atoms with Gasteiger partial charge in [-0.15, -0.1) is 11.3 Å². The molecular weight excluding hydrogens is 316 g/mol. The fourth-order valence-electron chi connectivity index (χ4n) is 2.92. The van der Waals surface area contributed by atoms with Crippen molar-refractivity contribution in [3.63, 3.8) is 0 Å². The van der Waals surface area contributed by atoms with E-state index in [0.29, 0.717) is 6.54 Å². The number of halogens is 1. The van der Waals surface area contributed by atoms with Gasteiger partial charge in [0.15, 0.2) is 0 Å². The van der Waals surface area contributed by atoms with Crippen molar-refractivity contribution in [3.8, 4) is 0 Å². The number of nitrogens with zero attached hydrogens (tertiary/aromatic N) is 1. The molecule has 2 heterocycles. The van der Waals surface area contributed by atoms with Gasteiger partial charge in [-0.25, -0.2) is 0 Å². The van der Waals surface area contributed by atoms with Crippen molar-refractivity contribution < 1.29 is 4.79 Å². The van der Waals surface area contributed by atoms with Crippen LogP contribution in [-0.4, -0.2) is 30.4 Å². The van der Waals surface area contributed by atoms with Crippen LogP contribution in [0.4, 0.5) is 0 Å². The summed E-state index contributed by atoms with van der Waals surface area (Å²) in [5.74, 6) is -0.00810. The first kappa shape index (κ1) is 15.5. The zero-order valence-corrected chi connectivity index (χ0v) is 13.9. The lowest BCUT2D eigenvalue weighted by atomic mass is 10.1. The lowest BCUT2D eigenvalue weighted by Crippen LogP contribution is -2.36. The molecular formula is C17H19ClN2OS. The molecule has 1 aliphatic heterocycles. The standard InChI is InChI=1S/C17H19ClN2OS/c18-14-7-2-1-6-13(14)15(20-9-3-4-10-20)12-19-17(21)16-8-5-11-22-16/h1-2,5-8,11,15H,3-4,9-10,12H2,(H,19,21)/t15-/m1/s1. The van der Waals surface area contributed by atoms with Crippen LogP contribution >= 0.6 is 22.9 Å². The van der Waals surface area contributed by atoms with E-state index in [1.165, 1.54) is 24.2 Å². The summed E-state index contributed by atoms with van der Waals surface area (Å²) in [4.78, 5) is 15.4. The van der Waals surface area contributed by atoms with Crippen molar-refractivity contribution in [2.24, 2.45) is 0 Å². The van der Waals surface area contributed by atoms with Crippen molar-refractivity contribution in [1.82, 2.24) is 10.2 Å². The first-order valence-electron chi connectivity index (χ1n) is 7.56. The SMILES string of the molecule is O=C(NC[C@H](c1ccccc1Cl)N1CCCC1)c1cccs1. The number of benzene rings is 1. The summed E-state index contributed by atoms with van der Waals surface area (Å²) in [5, 5.41) is 5.74. The molecule has 0 radical (unpaired) electrons. The summed E-state index contributed by atoms with van der Waals surface area (Å²) >= 11 is 7.84. The smallest absolute Gasteiger partial charge is 0.261 e. The Morgan fingerprint density at radius 1 is 1.23 bits per heavy atom. The quantitative estimate of drug-likeness (QED) is 0.897. The Balaban J connectivity index is 1.74. The molecule has 0 aliphatic carbocycles. The Kier molecular flexibility index (Phi) is 5.13. The number of nitrogens with one attached hydrogen (secondary N) is 1. The normalized spacial score (nSPS) is 16.6. The Labute approximate surface area is 139 Å². The van der Waals surface area contributed by atoms with Gasteiger partial charge in [0, 0.05) is 11.6 Å². The molecule has 1 fully saturated rings. The van der Waals surface area contributed by atoms with Crippen LogP contribution in [0.2, 0.25) is 5.02 Å². The van der Waals surface area contributed by atoms with Crippen LogP contribution in [0.15, 0.2) is 41.8 Å². The lowest BCUT2D eigenvalue weighted by Gasteiger charge is -2.28. The van der Waals surface area contributed by atoms with Gasteiger partial charge in [0.25, 0.3) is 5.91 Å². The van der Waals surface area contributed by atoms with E-state index in [9.17, 15) is 4.79 Å². The fourth-order valence-corrected chi connectivity index (χ4v) is 3.82. The molecule has 116 valence electrons. The number of rotatable bonds is 5. The van der Waals surface area contributed by atoms with Crippen LogP contribution in [0, 0.1) is 0 Å². The van der Waals surface area contributed by atoms with Gasteiger partial charge >= 0.3 is 0 Å². The van der Waals surface area contributed by atoms with E-state index >= 15 is 0 Å². The Hall–Kier alpha value is -1.36. The first-order valence-corrected chi connectivity index (χ1v) is 8.81. The highest BCUT2D eigenvalue weighted by Crippen LogP contribution is 2.29. The molecule has 1 aromatic heterocycles. The predicted molar refractivity (Wildman–Crippen MR) is 91.7 cm³/mol. The summed E-state index contributed by atoms with van der Waals surface area (Å²) < 4.78 is 0. The summed E-state index contributed by atoms with van der Waals surface area (Å²) in [6, 6.07) is 11.8. The molecule has 0 saturated carbocycles. The van der Waals surface area contributed by atoms with Crippen molar-refractivity contribution in [2.75, 3.05) is 19.6 Å². The minimum absolute atomic E-state index is 0.00810. The number of amides is 1. The Morgan fingerprint density at radius 2 is 2.00 bits per heavy atom. The van der Waals surface area contributed by atoms with Crippen molar-refractivity contribution >= 4 is 28.8 Å². The van der Waals surface area contributed by atoms with Gasteiger partial charge in [-0.3, -0.25) is 9.69 Å². The topological polar surface area (TPSA) is 32.3 Å². The monoisotopic (exact) mass is 334 g/mol. The highest BCUT2D eigenvalue weighted by Gasteiger charge is 2.25. The van der Waals surface area contributed by atoms with E-state index in [2.05, 4.69) is 16.3 Å². The number of thiophene rings is 1. The summed E-state index contributed by atoms with van der Waals surface area (Å²) in [6.07, 6.45) is 2.42. The average molecular weight is 335 g/mol. The minimum Gasteiger partial charge on any atom is -0.349 e. The third-order valence-corrected chi connectivity index (χ3v) is 5.26. The molecule has 1 aliphatic rings. The summed E-state index contributed by atoms with van der Waals surface area (Å²) in [5.41, 5.74) is 1.09. The Bertz CT molecular complexity index is 623. The second-order valence-electron chi connectivity index (χ2n) is 5.47. The van der Waals surface area contributed by atoms with E-state index in [1.54, 1.807) is 0 Å². The van der Waals surface area contributed by atoms with E-state index in [0.717, 1.165) is 28.6 Å². The third-order valence-electron chi connectivity index (χ3n) is 4.05. The van der Waals surface area contributed by atoms with E-state index in [1.807, 2.05) is 35.7 Å². The fraction of sp³-hybridized carbons (Fsp3) is 0.353. The summed E-state index contributed by atoms with van der Waals surface area (Å²) in [7, 11) is 0. The zero-order valence-electron chi connectivity index (χ0n) is 12.3. The van der Waals surface area contributed by atoms with E-state index in [4.69, 9.17) is 11.6 Å². The van der Waals surface area contributed by atoms with Gasteiger partial charge in [0.1, 0.15) is 0 Å². The largest absolute Gasteiger partial charge is 0.349 e. The third kappa shape index (κ3) is 3.51. The van der Waals surface area contributed by atoms with Gasteiger partial charge < -0.3 is 5.32 Å². The van der Waals surface area contributed by atoms with Gasteiger partial charge in [-0.2, -0.15) is 0 Å². The van der Waals surface area contributed by atoms with Crippen LogP contribution in [-0.2, 0) is 0 Å². The maximum Gasteiger partial charge on any atom is 0.261 e. The molecule has 1 amide bonds. The second-order valence-corrected chi connectivity index (χ2v) is 6.82. The number of hydrogen-bond acceptors (Lipinski definition) is 3. The Morgan fingerprint density at radius 3 is 2.68 bits per heavy atom. The molecule has 1 atom stereocenters. The van der Waals surface area contributed by atoms with Gasteiger partial charge in [-0.05, 0) is 49.0 Å². The molecule has 1 aromatic carbocycles. The van der Waals surface area contributed by atoms with Crippen LogP contribution in [0.5, 0.6) is 0 Å². The summed E-state index contributed by atoms with van der Waals surface area (Å²) in [6.45, 7) is 2.70. The molecule has 3 nitrogen and oxygen atoms in total. The molecule has 0 spiro atoms. The maximum absolute atomic E-state index is 12.2. The number of hydrogen-bond donors (Lipinski definition) is 1. The van der Waals surface area contributed by atoms with Gasteiger partial charge in [0.05, 0.1) is 10.9 Å². The van der Waals surface area contributed by atoms with Crippen molar-refractivity contribution in [2.45, 2.75) is 18.9 Å². The van der Waals surface area contributed by atoms with E-state index in [-0.39, 0.29) is 11.9 Å². The number of carbonyl (C=O) groups is 1. The highest BCUT2D eigenvalue weighted by molar-refractivity contribution is 7.12. The minimum atomic E-state index is -0.00810. The molecule has 0 bridgehead atoms. The van der Waals surface area contributed by atoms with Gasteiger partial charge in [0.2, 0.25) is 0 Å². The molecule has 1 saturated heterocycles. The molecule has 2 aromatic rings. The maximum atomic E-state index is 12.2. The van der Waals surface area contributed by atoms with Gasteiger partial charge in [-0.1, -0.05) is 35.9 Å². The molecule has 3 rings (SSSR count). The average Bonchev–Trinajstić information content (AvgIpc) is 3.22. The highest BCUT2D eigenvalue weighted by atomic mass is 35.5. The van der Waals surface area contributed by atoms with Crippen LogP contribution in [0.1, 0.15) is 34.1 Å². The number of likely N-dealkylation sites (tertiary alicyclic amines) is 1. The number of carbonyl (C=O) groups excluding carboxylic acids is 1. The first-order chi connectivity index (χ1) is 10.8. The van der Waals surface area contributed by atoms with Crippen molar-refractivity contribution in [3.05, 3.63) is 57.2 Å². The predicted octanol–water partition coefficient (Wildman–Crippen LogP) is 3.97. The molecule has 1 N–H and O–H groups in total. The lowest BCUT2D eigenvalue weighted by molar-refractivity contribution is 0.0942. The van der Waals surface area contributed by atoms with Crippen LogP contribution < -0.4 is 5.32 Å². The molecule has 22 heavy (non-hydrogen) atoms.